The SMILES string of the molecule is O=P12ON(O1)N(c1cc(F)cc(F)c1F)O2. The molecule has 3 aliphatic rings. The molecule has 0 saturated carbocycles. The third-order valence-electron chi connectivity index (χ3n) is 1.85. The standard InChI is InChI=1S/C6H2F3N2O4P/c7-3-1-4(8)6(9)5(2-3)10-11-14-16(12,13-10)15-11/h1-2H. The Bertz CT molecular complexity index is 517. The first kappa shape index (κ1) is 10.1. The zero-order valence-electron chi connectivity index (χ0n) is 7.26. The molecule has 1 aromatic carbocycles. The number of hydrogen-bond acceptors (Lipinski definition) is 6. The average Bonchev–Trinajstić information content (AvgIpc) is 2.64. The first-order chi connectivity index (χ1) is 7.48. The number of nitrogens with zero attached hydrogens (tertiary/aromatic N) is 2. The summed E-state index contributed by atoms with van der Waals surface area (Å²) in [7, 11) is -3.73. The van der Waals surface area contributed by atoms with Gasteiger partial charge in [-0.25, -0.2) is 17.7 Å². The molecular formula is C6H2F3N2O4P. The molecule has 6 nitrogen and oxygen atoms in total. The quantitative estimate of drug-likeness (QED) is 0.564. The molecule has 1 aromatic rings. The summed E-state index contributed by atoms with van der Waals surface area (Å²) in [5.41, 5.74) is -0.646. The van der Waals surface area contributed by atoms with Crippen LogP contribution in [-0.4, -0.2) is 5.34 Å². The van der Waals surface area contributed by atoms with Crippen molar-refractivity contribution in [2.45, 2.75) is 0 Å². The van der Waals surface area contributed by atoms with E-state index in [-0.39, 0.29) is 0 Å². The predicted molar refractivity (Wildman–Crippen MR) is 41.5 cm³/mol. The van der Waals surface area contributed by atoms with E-state index in [1.54, 1.807) is 0 Å². The van der Waals surface area contributed by atoms with Gasteiger partial charge in [0.1, 0.15) is 11.5 Å². The van der Waals surface area contributed by atoms with E-state index < -0.39 is 31.0 Å². The maximum atomic E-state index is 13.3. The van der Waals surface area contributed by atoms with Gasteiger partial charge in [0.25, 0.3) is 0 Å². The van der Waals surface area contributed by atoms with Gasteiger partial charge >= 0.3 is 7.82 Å². The van der Waals surface area contributed by atoms with Gasteiger partial charge in [-0.1, -0.05) is 0 Å². The summed E-state index contributed by atoms with van der Waals surface area (Å²) >= 11 is 0. The van der Waals surface area contributed by atoms with Crippen LogP contribution < -0.4 is 5.17 Å². The van der Waals surface area contributed by atoms with Crippen LogP contribution in [0.5, 0.6) is 0 Å². The van der Waals surface area contributed by atoms with E-state index in [0.717, 1.165) is 0 Å². The van der Waals surface area contributed by atoms with Crippen LogP contribution in [0.1, 0.15) is 0 Å². The summed E-state index contributed by atoms with van der Waals surface area (Å²) in [6.07, 6.45) is 0. The minimum Gasteiger partial charge on any atom is -0.222 e. The average molecular weight is 254 g/mol. The lowest BCUT2D eigenvalue weighted by atomic mass is 10.3. The Balaban J connectivity index is 2.05. The number of benzene rings is 1. The smallest absolute Gasteiger partial charge is 0.222 e. The molecule has 10 heteroatoms. The molecule has 0 radical (unpaired) electrons. The minimum atomic E-state index is -3.73. The van der Waals surface area contributed by atoms with Crippen molar-refractivity contribution in [2.24, 2.45) is 0 Å². The molecule has 0 aliphatic carbocycles. The second kappa shape index (κ2) is 2.96. The number of hydrogen-bond donors (Lipinski definition) is 0. The van der Waals surface area contributed by atoms with Crippen LogP contribution in [-0.2, 0) is 18.4 Å². The Morgan fingerprint density at radius 1 is 1.12 bits per heavy atom. The summed E-state index contributed by atoms with van der Waals surface area (Å²) < 4.78 is 63.3. The molecule has 3 fully saturated rings. The first-order valence-corrected chi connectivity index (χ1v) is 5.38. The van der Waals surface area contributed by atoms with Gasteiger partial charge in [0.2, 0.25) is 0 Å². The monoisotopic (exact) mass is 254 g/mol. The van der Waals surface area contributed by atoms with E-state index >= 15 is 0 Å². The van der Waals surface area contributed by atoms with E-state index in [1.807, 2.05) is 0 Å². The van der Waals surface area contributed by atoms with Gasteiger partial charge in [-0.2, -0.15) is 0 Å². The molecule has 0 N–H and O–H groups in total. The molecule has 4 rings (SSSR count). The van der Waals surface area contributed by atoms with Crippen LogP contribution >= 0.6 is 7.82 Å². The molecule has 86 valence electrons. The maximum Gasteiger partial charge on any atom is 0.538 e. The fraction of sp³-hybridized carbons (Fsp3) is 0. The number of fused-ring (bicyclic) bond motifs is 1. The van der Waals surface area contributed by atoms with Crippen LogP contribution in [0.25, 0.3) is 0 Å². The second-order valence-electron chi connectivity index (χ2n) is 2.92. The zero-order chi connectivity index (χ0) is 11.5. The topological polar surface area (TPSA) is 51.2 Å². The van der Waals surface area contributed by atoms with E-state index in [2.05, 4.69) is 13.9 Å². The summed E-state index contributed by atoms with van der Waals surface area (Å²) in [6, 6.07) is 0.998. The second-order valence-corrected chi connectivity index (χ2v) is 4.31. The highest BCUT2D eigenvalue weighted by Gasteiger charge is 2.60. The molecule has 0 spiro atoms. The largest absolute Gasteiger partial charge is 0.538 e. The van der Waals surface area contributed by atoms with Crippen LogP contribution in [0.3, 0.4) is 0 Å². The number of phosphoric acid groups is 1. The highest BCUT2D eigenvalue weighted by molar-refractivity contribution is 7.49. The molecule has 0 aromatic heterocycles. The van der Waals surface area contributed by atoms with Gasteiger partial charge in [0.15, 0.2) is 11.6 Å². The van der Waals surface area contributed by atoms with Crippen LogP contribution in [0.15, 0.2) is 12.1 Å². The van der Waals surface area contributed by atoms with Gasteiger partial charge in [0.05, 0.1) is 5.34 Å². The summed E-state index contributed by atoms with van der Waals surface area (Å²) in [5, 5.41) is 0.834. The Morgan fingerprint density at radius 3 is 2.38 bits per heavy atom. The van der Waals surface area contributed by atoms with Crippen molar-refractivity contribution in [2.75, 3.05) is 5.17 Å². The molecule has 2 bridgehead atoms. The van der Waals surface area contributed by atoms with Gasteiger partial charge in [0, 0.05) is 12.1 Å². The van der Waals surface area contributed by atoms with Crippen molar-refractivity contribution >= 4 is 13.5 Å². The van der Waals surface area contributed by atoms with Crippen molar-refractivity contribution in [3.63, 3.8) is 0 Å². The molecule has 3 heterocycles. The highest BCUT2D eigenvalue weighted by atomic mass is 31.2. The summed E-state index contributed by atoms with van der Waals surface area (Å²) in [6.45, 7) is 0. The van der Waals surface area contributed by atoms with Crippen LogP contribution in [0.2, 0.25) is 0 Å². The Hall–Kier alpha value is -1.12. The Kier molecular flexibility index (Phi) is 1.86. The van der Waals surface area contributed by atoms with E-state index in [9.17, 15) is 17.7 Å². The third-order valence-corrected chi connectivity index (χ3v) is 2.88. The van der Waals surface area contributed by atoms with Gasteiger partial charge in [-0.05, 0) is 0 Å². The predicted octanol–water partition coefficient (Wildman–Crippen LogP) is 2.06. The fourth-order valence-corrected chi connectivity index (χ4v) is 2.10. The van der Waals surface area contributed by atoms with Gasteiger partial charge < -0.3 is 0 Å². The van der Waals surface area contributed by atoms with Crippen molar-refractivity contribution in [3.05, 3.63) is 29.6 Å². The number of hydrazine groups is 1. The summed E-state index contributed by atoms with van der Waals surface area (Å²) in [5.74, 6) is -3.82. The Morgan fingerprint density at radius 2 is 1.81 bits per heavy atom. The number of rotatable bonds is 1. The highest BCUT2D eigenvalue weighted by Crippen LogP contribution is 2.67. The van der Waals surface area contributed by atoms with Gasteiger partial charge in [-0.3, -0.25) is 0 Å². The summed E-state index contributed by atoms with van der Waals surface area (Å²) in [4.78, 5) is 0. The van der Waals surface area contributed by atoms with Crippen molar-refractivity contribution in [1.29, 1.82) is 0 Å². The van der Waals surface area contributed by atoms with Crippen LogP contribution in [0, 0.1) is 17.5 Å². The fourth-order valence-electron chi connectivity index (χ4n) is 1.21. The zero-order valence-corrected chi connectivity index (χ0v) is 8.16. The minimum absolute atomic E-state index is 0.360. The third kappa shape index (κ3) is 1.27. The van der Waals surface area contributed by atoms with Gasteiger partial charge in [-0.15, -0.1) is 19.0 Å². The number of anilines is 1. The molecule has 16 heavy (non-hydrogen) atoms. The maximum absolute atomic E-state index is 13.3. The Labute approximate surface area is 86.2 Å². The van der Waals surface area contributed by atoms with Crippen molar-refractivity contribution in [1.82, 2.24) is 5.34 Å². The number of halogens is 3. The molecule has 0 unspecified atom stereocenters. The lowest BCUT2D eigenvalue weighted by Crippen LogP contribution is -2.35. The van der Waals surface area contributed by atoms with E-state index in [4.69, 9.17) is 0 Å². The molecule has 0 atom stereocenters. The van der Waals surface area contributed by atoms with Crippen molar-refractivity contribution < 1.29 is 31.6 Å². The molecule has 3 saturated heterocycles. The molecule has 0 amide bonds. The lowest BCUT2D eigenvalue weighted by Gasteiger charge is -2.21. The van der Waals surface area contributed by atoms with Crippen LogP contribution in [0.4, 0.5) is 18.9 Å². The van der Waals surface area contributed by atoms with Crippen molar-refractivity contribution in [3.8, 4) is 0 Å². The van der Waals surface area contributed by atoms with E-state index in [1.165, 1.54) is 0 Å². The first-order valence-electron chi connectivity index (χ1n) is 3.92. The molecule has 3 aliphatic heterocycles. The normalized spacial score (nSPS) is 31.7. The van der Waals surface area contributed by atoms with E-state index in [0.29, 0.717) is 22.6 Å². The lowest BCUT2D eigenvalue weighted by molar-refractivity contribution is -0.319. The molecular weight excluding hydrogens is 252 g/mol.